The summed E-state index contributed by atoms with van der Waals surface area (Å²) in [7, 11) is 0. The summed E-state index contributed by atoms with van der Waals surface area (Å²) in [6, 6.07) is 5.96. The molecule has 1 aliphatic carbocycles. The Morgan fingerprint density at radius 3 is 2.31 bits per heavy atom. The van der Waals surface area contributed by atoms with Gasteiger partial charge in [0.05, 0.1) is 27.6 Å². The van der Waals surface area contributed by atoms with Crippen molar-refractivity contribution in [2.24, 2.45) is 5.73 Å². The minimum Gasteiger partial charge on any atom is -0.366 e. The number of pyridine rings is 1. The van der Waals surface area contributed by atoms with Crippen LogP contribution in [-0.2, 0) is 29.6 Å². The average molecular weight is 759 g/mol. The van der Waals surface area contributed by atoms with E-state index < -0.39 is 102 Å². The molecule has 1 atom stereocenters. The molecule has 3 aromatic heterocycles. The Morgan fingerprint density at radius 1 is 0.980 bits per heavy atom. The van der Waals surface area contributed by atoms with Crippen molar-refractivity contribution in [3.63, 3.8) is 0 Å². The van der Waals surface area contributed by atoms with E-state index in [1.165, 1.54) is 29.2 Å². The molecule has 0 spiro atoms. The van der Waals surface area contributed by atoms with Crippen LogP contribution in [0.15, 0.2) is 46.8 Å². The highest BCUT2D eigenvalue weighted by Gasteiger charge is 2.55. The Morgan fingerprint density at radius 2 is 1.67 bits per heavy atom. The third-order valence-corrected chi connectivity index (χ3v) is 10.1. The van der Waals surface area contributed by atoms with E-state index in [0.29, 0.717) is 15.1 Å². The maximum Gasteiger partial charge on any atom is 0.290 e. The van der Waals surface area contributed by atoms with Crippen molar-refractivity contribution in [2.45, 2.75) is 54.5 Å². The summed E-state index contributed by atoms with van der Waals surface area (Å²) in [4.78, 5) is 34.6. The van der Waals surface area contributed by atoms with Gasteiger partial charge in [0, 0.05) is 24.5 Å². The molecule has 51 heavy (non-hydrogen) atoms. The highest BCUT2D eigenvalue weighted by Crippen LogP contribution is 2.52. The molecule has 5 aromatic rings. The molecule has 0 bridgehead atoms. The van der Waals surface area contributed by atoms with Crippen molar-refractivity contribution in [3.8, 4) is 11.1 Å². The zero-order valence-electron chi connectivity index (χ0n) is 25.9. The fraction of sp³-hybridized carbons (Fsp3) is 0.281. The summed E-state index contributed by atoms with van der Waals surface area (Å²) < 4.78 is 132. The lowest BCUT2D eigenvalue weighted by Gasteiger charge is -2.29. The zero-order valence-corrected chi connectivity index (χ0v) is 27.6. The molecule has 2 aromatic carbocycles. The fourth-order valence-corrected chi connectivity index (χ4v) is 7.38. The van der Waals surface area contributed by atoms with E-state index in [1.807, 2.05) is 0 Å². The molecular formula is C32H23F9N6O2S2. The van der Waals surface area contributed by atoms with Crippen LogP contribution in [0, 0.1) is 17.5 Å². The van der Waals surface area contributed by atoms with Gasteiger partial charge in [-0.25, -0.2) is 40.7 Å². The first-order valence-electron chi connectivity index (χ1n) is 14.8. The number of halogens is 9. The van der Waals surface area contributed by atoms with Gasteiger partial charge >= 0.3 is 0 Å². The normalized spacial score (nSPS) is 15.6. The third-order valence-electron chi connectivity index (χ3n) is 8.08. The van der Waals surface area contributed by atoms with Gasteiger partial charge in [-0.2, -0.15) is 13.9 Å². The summed E-state index contributed by atoms with van der Waals surface area (Å²) in [5.74, 6) is -13.4. The maximum atomic E-state index is 15.0. The Labute approximate surface area is 290 Å². The number of rotatable bonds is 10. The lowest BCUT2D eigenvalue weighted by molar-refractivity contribution is -0.123. The minimum absolute atomic E-state index is 0.0340. The first-order chi connectivity index (χ1) is 24.0. The summed E-state index contributed by atoms with van der Waals surface area (Å²) in [5.41, 5.74) is 0.429. The number of thiazole rings is 1. The molecule has 268 valence electrons. The van der Waals surface area contributed by atoms with Crippen LogP contribution in [0.5, 0.6) is 0 Å². The highest BCUT2D eigenvalue weighted by molar-refractivity contribution is 8.00. The summed E-state index contributed by atoms with van der Waals surface area (Å²) in [6.07, 6.45) is -5.19. The van der Waals surface area contributed by atoms with Gasteiger partial charge in [0.15, 0.2) is 9.99 Å². The Kier molecular flexibility index (Phi) is 9.55. The molecule has 3 heterocycles. The fourth-order valence-electron chi connectivity index (χ4n) is 5.92. The number of primary amides is 1. The number of hydrogen-bond acceptors (Lipinski definition) is 7. The van der Waals surface area contributed by atoms with Crippen molar-refractivity contribution in [1.82, 2.24) is 25.1 Å². The van der Waals surface area contributed by atoms with Crippen LogP contribution in [0.1, 0.15) is 63.9 Å². The number of carbonyl (C=O) groups is 2. The predicted octanol–water partition coefficient (Wildman–Crippen LogP) is 7.81. The zero-order chi connectivity index (χ0) is 37.0. The molecule has 6 rings (SSSR count). The predicted molar refractivity (Wildman–Crippen MR) is 168 cm³/mol. The quantitative estimate of drug-likeness (QED) is 0.111. The largest absolute Gasteiger partial charge is 0.366 e. The molecule has 2 amide bonds. The van der Waals surface area contributed by atoms with Crippen molar-refractivity contribution in [2.75, 3.05) is 6.26 Å². The van der Waals surface area contributed by atoms with Crippen LogP contribution >= 0.6 is 23.1 Å². The first kappa shape index (κ1) is 36.2. The minimum atomic E-state index is -4.09. The monoisotopic (exact) mass is 758 g/mol. The van der Waals surface area contributed by atoms with E-state index in [1.54, 1.807) is 12.3 Å². The smallest absolute Gasteiger partial charge is 0.290 e. The Hall–Kier alpha value is -4.65. The van der Waals surface area contributed by atoms with Crippen molar-refractivity contribution in [1.29, 1.82) is 0 Å². The molecule has 0 saturated carbocycles. The third kappa shape index (κ3) is 7.13. The Bertz CT molecular complexity index is 2170. The number of fused-ring (bicyclic) bond motifs is 2. The van der Waals surface area contributed by atoms with Gasteiger partial charge in [-0.15, -0.1) is 11.3 Å². The van der Waals surface area contributed by atoms with Gasteiger partial charge in [-0.3, -0.25) is 14.3 Å². The summed E-state index contributed by atoms with van der Waals surface area (Å²) in [6.45, 7) is -1.25. The maximum absolute atomic E-state index is 15.0. The van der Waals surface area contributed by atoms with Gasteiger partial charge in [0.2, 0.25) is 5.91 Å². The standard InChI is InChI=1S/C32H23F9N6O2S2/c1-50-30-45-29-21(51-30)11-17(14-2-3-19(35)18(9-14)28(42)49)24(44-29)20(8-13-6-15(33)10-16(34)7-13)43-22(48)12-47-26-23(25(46-47)27(36)37)31(38,39)4-5-32(26,40)41/h2-3,6-7,9-11,20,27H,4-5,8,12H2,1H3,(H2,42,49)(H,43,48)/t20-/m0/s1. The lowest BCUT2D eigenvalue weighted by Crippen LogP contribution is -2.37. The number of amides is 2. The van der Waals surface area contributed by atoms with E-state index in [9.17, 15) is 40.3 Å². The highest BCUT2D eigenvalue weighted by atomic mass is 32.2. The van der Waals surface area contributed by atoms with Crippen LogP contribution in [0.4, 0.5) is 39.5 Å². The molecule has 19 heteroatoms. The Balaban J connectivity index is 1.49. The SMILES string of the molecule is CSc1nc2nc([C@H](Cc3cc(F)cc(F)c3)NC(=O)Cn3nc(C(F)F)c4c3C(F)(F)CCC4(F)F)c(-c3ccc(F)c(C(N)=O)c3)cc2s1. The number of thioether (sulfide) groups is 1. The summed E-state index contributed by atoms with van der Waals surface area (Å²) in [5, 5.41) is 5.79. The molecule has 0 aliphatic heterocycles. The van der Waals surface area contributed by atoms with E-state index in [2.05, 4.69) is 20.4 Å². The van der Waals surface area contributed by atoms with Crippen LogP contribution in [0.25, 0.3) is 21.5 Å². The van der Waals surface area contributed by atoms with Gasteiger partial charge in [-0.05, 0) is 54.1 Å². The van der Waals surface area contributed by atoms with Crippen molar-refractivity contribution >= 4 is 45.3 Å². The second-order valence-corrected chi connectivity index (χ2v) is 13.6. The topological polar surface area (TPSA) is 116 Å². The second kappa shape index (κ2) is 13.5. The van der Waals surface area contributed by atoms with Gasteiger partial charge in [0.1, 0.15) is 35.4 Å². The number of nitrogens with zero attached hydrogens (tertiary/aromatic N) is 4. The van der Waals surface area contributed by atoms with Crippen LogP contribution in [0.2, 0.25) is 0 Å². The van der Waals surface area contributed by atoms with E-state index in [-0.39, 0.29) is 32.7 Å². The number of alkyl halides is 6. The number of hydrogen-bond donors (Lipinski definition) is 2. The van der Waals surface area contributed by atoms with Crippen LogP contribution in [0.3, 0.4) is 0 Å². The molecule has 0 unspecified atom stereocenters. The van der Waals surface area contributed by atoms with Crippen LogP contribution in [-0.4, -0.2) is 37.8 Å². The number of nitrogens with two attached hydrogens (primary N) is 1. The molecular weight excluding hydrogens is 736 g/mol. The molecule has 8 nitrogen and oxygen atoms in total. The number of benzene rings is 2. The van der Waals surface area contributed by atoms with Gasteiger partial charge in [-0.1, -0.05) is 17.8 Å². The second-order valence-electron chi connectivity index (χ2n) is 11.6. The number of aromatic nitrogens is 4. The molecule has 1 aliphatic rings. The van der Waals surface area contributed by atoms with E-state index in [4.69, 9.17) is 5.73 Å². The molecule has 3 N–H and O–H groups in total. The lowest BCUT2D eigenvalue weighted by atomic mass is 9.89. The molecule has 0 radical (unpaired) electrons. The van der Waals surface area contributed by atoms with Gasteiger partial charge < -0.3 is 11.1 Å². The summed E-state index contributed by atoms with van der Waals surface area (Å²) >= 11 is 2.49. The van der Waals surface area contributed by atoms with E-state index in [0.717, 1.165) is 24.3 Å². The van der Waals surface area contributed by atoms with Gasteiger partial charge in [0.25, 0.3) is 24.2 Å². The molecule has 0 fully saturated rings. The van der Waals surface area contributed by atoms with Crippen LogP contribution < -0.4 is 11.1 Å². The van der Waals surface area contributed by atoms with Crippen molar-refractivity contribution < 1.29 is 49.1 Å². The molecule has 0 saturated heterocycles. The number of carbonyl (C=O) groups excluding carboxylic acids is 2. The van der Waals surface area contributed by atoms with Crippen molar-refractivity contribution in [3.05, 3.63) is 93.7 Å². The number of nitrogens with one attached hydrogen (secondary N) is 1. The average Bonchev–Trinajstić information content (AvgIpc) is 3.64. The van der Waals surface area contributed by atoms with E-state index >= 15 is 8.78 Å². The first-order valence-corrected chi connectivity index (χ1v) is 16.9.